The summed E-state index contributed by atoms with van der Waals surface area (Å²) in [5, 5.41) is 12.2. The average molecular weight is 198 g/mol. The Kier molecular flexibility index (Phi) is 2.30. The molecule has 0 aromatic heterocycles. The maximum absolute atomic E-state index is 9.69. The van der Waals surface area contributed by atoms with Crippen molar-refractivity contribution in [2.45, 2.75) is 0 Å². The molecule has 1 rings (SSSR count). The number of nitrogens with zero attached hydrogens (tertiary/aromatic N) is 1. The summed E-state index contributed by atoms with van der Waals surface area (Å²) in [5.41, 5.74) is 0.693. The molecule has 10 heavy (non-hydrogen) atoms. The standard InChI is InChI=1S/C7H4BrNO/c8-7-3-1-6(2-4-7)5-9-10/h1-4H. The number of hydrogen-bond donors (Lipinski definition) is 0. The molecule has 0 unspecified atom stereocenters. The van der Waals surface area contributed by atoms with Gasteiger partial charge >= 0.3 is 6.07 Å². The quantitative estimate of drug-likeness (QED) is 0.588. The maximum atomic E-state index is 9.69. The van der Waals surface area contributed by atoms with Crippen molar-refractivity contribution >= 4 is 15.9 Å². The fraction of sp³-hybridized carbons (Fsp3) is 0. The van der Waals surface area contributed by atoms with E-state index in [2.05, 4.69) is 27.0 Å². The van der Waals surface area contributed by atoms with Crippen LogP contribution in [0.5, 0.6) is 0 Å². The van der Waals surface area contributed by atoms with Crippen LogP contribution in [0.3, 0.4) is 0 Å². The summed E-state index contributed by atoms with van der Waals surface area (Å²) in [6.45, 7) is 0. The fourth-order valence-corrected chi connectivity index (χ4v) is 0.841. The third kappa shape index (κ3) is 1.74. The van der Waals surface area contributed by atoms with Crippen molar-refractivity contribution in [1.29, 1.82) is 0 Å². The lowest BCUT2D eigenvalue weighted by Gasteiger charge is -1.84. The van der Waals surface area contributed by atoms with E-state index in [1.807, 2.05) is 12.1 Å². The molecule has 1 aromatic rings. The molecule has 0 aliphatic rings. The highest BCUT2D eigenvalue weighted by atomic mass is 79.9. The lowest BCUT2D eigenvalue weighted by molar-refractivity contribution is 1.60. The van der Waals surface area contributed by atoms with Crippen LogP contribution in [0.15, 0.2) is 28.7 Å². The Morgan fingerprint density at radius 3 is 2.40 bits per heavy atom. The van der Waals surface area contributed by atoms with E-state index in [4.69, 9.17) is 0 Å². The second-order valence-electron chi connectivity index (χ2n) is 1.71. The molecule has 50 valence electrons. The average Bonchev–Trinajstić information content (AvgIpc) is 1.95. The molecule has 0 aliphatic carbocycles. The summed E-state index contributed by atoms with van der Waals surface area (Å²) >= 11 is 3.26. The predicted octanol–water partition coefficient (Wildman–Crippen LogP) is 2.63. The van der Waals surface area contributed by atoms with Gasteiger partial charge in [0, 0.05) is 9.48 Å². The van der Waals surface area contributed by atoms with Crippen LogP contribution in [0.4, 0.5) is 0 Å². The molecular formula is C7H4BrNO. The lowest BCUT2D eigenvalue weighted by atomic mass is 10.2. The third-order valence-electron chi connectivity index (χ3n) is 1.02. The van der Waals surface area contributed by atoms with Crippen LogP contribution in [0.1, 0.15) is 5.56 Å². The third-order valence-corrected chi connectivity index (χ3v) is 1.55. The first-order valence-electron chi connectivity index (χ1n) is 2.67. The first-order chi connectivity index (χ1) is 4.83. The van der Waals surface area contributed by atoms with Gasteiger partial charge in [0.05, 0.1) is 0 Å². The van der Waals surface area contributed by atoms with Crippen molar-refractivity contribution in [2.24, 2.45) is 0 Å². The van der Waals surface area contributed by atoms with Crippen LogP contribution in [0.25, 0.3) is 5.01 Å². The fourth-order valence-electron chi connectivity index (χ4n) is 0.577. The molecule has 0 radical (unpaired) electrons. The van der Waals surface area contributed by atoms with Gasteiger partial charge in [-0.3, -0.25) is 0 Å². The normalized spacial score (nSPS) is 8.10. The maximum Gasteiger partial charge on any atom is 0.336 e. The number of rotatable bonds is 0. The number of halogens is 1. The summed E-state index contributed by atoms with van der Waals surface area (Å²) < 4.78 is 0.976. The van der Waals surface area contributed by atoms with Gasteiger partial charge in [0.1, 0.15) is 5.56 Å². The Balaban J connectivity index is 2.97. The molecule has 0 heterocycles. The Bertz CT molecular complexity index is 270. The van der Waals surface area contributed by atoms with Gasteiger partial charge in [0.15, 0.2) is 0 Å². The summed E-state index contributed by atoms with van der Waals surface area (Å²) in [6.07, 6.45) is 0. The van der Waals surface area contributed by atoms with E-state index in [0.717, 1.165) is 4.47 Å². The molecule has 0 saturated heterocycles. The first kappa shape index (κ1) is 7.10. The number of benzene rings is 1. The summed E-state index contributed by atoms with van der Waals surface area (Å²) in [5.74, 6) is 0. The van der Waals surface area contributed by atoms with E-state index in [-0.39, 0.29) is 0 Å². The Labute approximate surface area is 67.0 Å². The molecule has 2 nitrogen and oxygen atoms in total. The van der Waals surface area contributed by atoms with E-state index in [1.54, 1.807) is 12.1 Å². The van der Waals surface area contributed by atoms with E-state index in [1.165, 1.54) is 0 Å². The van der Waals surface area contributed by atoms with Crippen LogP contribution in [0.2, 0.25) is 0 Å². The van der Waals surface area contributed by atoms with Gasteiger partial charge in [0.25, 0.3) is 0 Å². The largest absolute Gasteiger partial charge is 0.498 e. The summed E-state index contributed by atoms with van der Waals surface area (Å²) in [6, 6.07) is 9.45. The second kappa shape index (κ2) is 3.23. The summed E-state index contributed by atoms with van der Waals surface area (Å²) in [7, 11) is 0. The lowest BCUT2D eigenvalue weighted by Crippen LogP contribution is -1.69. The van der Waals surface area contributed by atoms with E-state index >= 15 is 0 Å². The highest BCUT2D eigenvalue weighted by Crippen LogP contribution is 2.09. The highest BCUT2D eigenvalue weighted by Gasteiger charge is 1.91. The Hall–Kier alpha value is -1.01. The van der Waals surface area contributed by atoms with Crippen LogP contribution in [0, 0.1) is 11.3 Å². The zero-order valence-corrected chi connectivity index (χ0v) is 6.63. The summed E-state index contributed by atoms with van der Waals surface area (Å²) in [4.78, 5) is 0. The van der Waals surface area contributed by atoms with Crippen molar-refractivity contribution < 1.29 is 0 Å². The van der Waals surface area contributed by atoms with Crippen LogP contribution in [-0.4, -0.2) is 0 Å². The molecule has 0 amide bonds. The van der Waals surface area contributed by atoms with Gasteiger partial charge in [-0.1, -0.05) is 15.9 Å². The molecule has 3 heteroatoms. The van der Waals surface area contributed by atoms with Crippen LogP contribution < -0.4 is 0 Å². The van der Waals surface area contributed by atoms with Crippen molar-refractivity contribution in [3.8, 4) is 6.07 Å². The molecular weight excluding hydrogens is 194 g/mol. The molecule has 0 N–H and O–H groups in total. The van der Waals surface area contributed by atoms with Crippen LogP contribution in [-0.2, 0) is 0 Å². The SMILES string of the molecule is [O-][N+]#Cc1ccc(Br)cc1. The van der Waals surface area contributed by atoms with E-state index in [9.17, 15) is 5.21 Å². The minimum atomic E-state index is 0.693. The minimum Gasteiger partial charge on any atom is -0.498 e. The van der Waals surface area contributed by atoms with Gasteiger partial charge in [-0.05, 0) is 24.3 Å². The molecule has 0 bridgehead atoms. The highest BCUT2D eigenvalue weighted by molar-refractivity contribution is 9.10. The molecule has 1 aromatic carbocycles. The second-order valence-corrected chi connectivity index (χ2v) is 2.63. The van der Waals surface area contributed by atoms with Crippen molar-refractivity contribution in [3.05, 3.63) is 44.5 Å². The zero-order valence-electron chi connectivity index (χ0n) is 5.04. The van der Waals surface area contributed by atoms with Gasteiger partial charge in [0.2, 0.25) is 0 Å². The zero-order chi connectivity index (χ0) is 7.40. The Morgan fingerprint density at radius 1 is 1.30 bits per heavy atom. The van der Waals surface area contributed by atoms with E-state index < -0.39 is 0 Å². The first-order valence-corrected chi connectivity index (χ1v) is 3.46. The topological polar surface area (TPSA) is 27.4 Å². The molecule has 0 atom stereocenters. The molecule has 0 saturated carbocycles. The van der Waals surface area contributed by atoms with Crippen molar-refractivity contribution in [3.63, 3.8) is 0 Å². The Morgan fingerprint density at radius 2 is 1.90 bits per heavy atom. The minimum absolute atomic E-state index is 0.693. The number of hydrogen-bond acceptors (Lipinski definition) is 1. The van der Waals surface area contributed by atoms with Crippen molar-refractivity contribution in [2.75, 3.05) is 0 Å². The van der Waals surface area contributed by atoms with Gasteiger partial charge in [-0.25, -0.2) is 0 Å². The molecule has 0 aliphatic heterocycles. The van der Waals surface area contributed by atoms with Gasteiger partial charge in [-0.2, -0.15) is 0 Å². The predicted molar refractivity (Wildman–Crippen MR) is 43.9 cm³/mol. The van der Waals surface area contributed by atoms with E-state index in [0.29, 0.717) is 5.56 Å². The smallest absolute Gasteiger partial charge is 0.336 e. The van der Waals surface area contributed by atoms with Crippen LogP contribution >= 0.6 is 15.9 Å². The van der Waals surface area contributed by atoms with Gasteiger partial charge < -0.3 is 5.21 Å². The molecule has 0 spiro atoms. The van der Waals surface area contributed by atoms with Crippen molar-refractivity contribution in [1.82, 2.24) is 0 Å². The molecule has 0 fully saturated rings. The van der Waals surface area contributed by atoms with Gasteiger partial charge in [-0.15, -0.1) is 0 Å². The monoisotopic (exact) mass is 197 g/mol.